The van der Waals surface area contributed by atoms with E-state index in [2.05, 4.69) is 0 Å². The Morgan fingerprint density at radius 3 is 2.19 bits per heavy atom. The molecule has 0 spiro atoms. The van der Waals surface area contributed by atoms with Gasteiger partial charge in [0.1, 0.15) is 0 Å². The summed E-state index contributed by atoms with van der Waals surface area (Å²) in [6.07, 6.45) is 2.43. The summed E-state index contributed by atoms with van der Waals surface area (Å²) in [6, 6.07) is 0. The van der Waals surface area contributed by atoms with E-state index in [1.807, 2.05) is 0 Å². The fourth-order valence-electron chi connectivity index (χ4n) is 1.61. The van der Waals surface area contributed by atoms with Crippen molar-refractivity contribution in [3.63, 3.8) is 0 Å². The van der Waals surface area contributed by atoms with Crippen molar-refractivity contribution < 1.29 is 23.5 Å². The van der Waals surface area contributed by atoms with Crippen LogP contribution in [0.5, 0.6) is 0 Å². The predicted octanol–water partition coefficient (Wildman–Crippen LogP) is 2.51. The van der Waals surface area contributed by atoms with Crippen molar-refractivity contribution in [2.24, 2.45) is 5.92 Å². The minimum atomic E-state index is -3.50. The highest BCUT2D eigenvalue weighted by atomic mass is 31.2. The van der Waals surface area contributed by atoms with Crippen LogP contribution in [0.2, 0.25) is 0 Å². The fourth-order valence-corrected chi connectivity index (χ4v) is 3.59. The summed E-state index contributed by atoms with van der Waals surface area (Å²) in [7, 11) is -3.50. The van der Waals surface area contributed by atoms with E-state index < -0.39 is 19.2 Å². The van der Waals surface area contributed by atoms with Gasteiger partial charge < -0.3 is 14.2 Å². The first kappa shape index (κ1) is 13.7. The van der Waals surface area contributed by atoms with E-state index in [-0.39, 0.29) is 13.2 Å². The van der Waals surface area contributed by atoms with E-state index in [4.69, 9.17) is 14.2 Å². The SMILES string of the molecule is CCOP(=O)(OCC)C(CC1CC1)C(=O)O. The summed E-state index contributed by atoms with van der Waals surface area (Å²) in [6.45, 7) is 3.76. The summed E-state index contributed by atoms with van der Waals surface area (Å²) in [5, 5.41) is 9.11. The molecular formula is C10H19O5P. The molecule has 5 nitrogen and oxygen atoms in total. The standard InChI is InChI=1S/C10H19O5P/c1-3-14-16(13,15-4-2)9(10(11)12)7-8-5-6-8/h8-9H,3-7H2,1-2H3,(H,11,12). The number of carboxylic acids is 1. The smallest absolute Gasteiger partial charge is 0.344 e. The minimum absolute atomic E-state index is 0.200. The molecule has 0 aromatic heterocycles. The van der Waals surface area contributed by atoms with E-state index in [0.717, 1.165) is 12.8 Å². The highest BCUT2D eigenvalue weighted by molar-refractivity contribution is 7.55. The molecule has 1 N–H and O–H groups in total. The number of hydrogen-bond acceptors (Lipinski definition) is 4. The summed E-state index contributed by atoms with van der Waals surface area (Å²) < 4.78 is 22.4. The Hall–Kier alpha value is -0.380. The lowest BCUT2D eigenvalue weighted by Crippen LogP contribution is -2.24. The Morgan fingerprint density at radius 1 is 1.38 bits per heavy atom. The van der Waals surface area contributed by atoms with Gasteiger partial charge in [-0.15, -0.1) is 0 Å². The van der Waals surface area contributed by atoms with E-state index in [9.17, 15) is 9.36 Å². The van der Waals surface area contributed by atoms with Crippen LogP contribution >= 0.6 is 7.60 Å². The van der Waals surface area contributed by atoms with E-state index >= 15 is 0 Å². The van der Waals surface area contributed by atoms with Gasteiger partial charge in [-0.3, -0.25) is 9.36 Å². The molecule has 0 heterocycles. The van der Waals surface area contributed by atoms with Gasteiger partial charge in [-0.1, -0.05) is 12.8 Å². The zero-order valence-electron chi connectivity index (χ0n) is 9.72. The maximum Gasteiger partial charge on any atom is 0.344 e. The second-order valence-electron chi connectivity index (χ2n) is 3.91. The highest BCUT2D eigenvalue weighted by Crippen LogP contribution is 2.56. The third kappa shape index (κ3) is 3.58. The summed E-state index contributed by atoms with van der Waals surface area (Å²) >= 11 is 0. The molecule has 94 valence electrons. The van der Waals surface area contributed by atoms with Gasteiger partial charge in [0.2, 0.25) is 0 Å². The quantitative estimate of drug-likeness (QED) is 0.670. The number of carbonyl (C=O) groups is 1. The van der Waals surface area contributed by atoms with Crippen molar-refractivity contribution in [2.75, 3.05) is 13.2 Å². The molecule has 1 aliphatic rings. The Bertz CT molecular complexity index is 277. The molecule has 0 radical (unpaired) electrons. The topological polar surface area (TPSA) is 72.8 Å². The molecule has 0 aromatic rings. The van der Waals surface area contributed by atoms with Gasteiger partial charge in [-0.05, 0) is 26.2 Å². The maximum atomic E-state index is 12.3. The molecular weight excluding hydrogens is 231 g/mol. The first-order valence-corrected chi connectivity index (χ1v) is 7.26. The normalized spacial score (nSPS) is 18.4. The number of carboxylic acid groups (broad SMARTS) is 1. The lowest BCUT2D eigenvalue weighted by atomic mass is 10.2. The average molecular weight is 250 g/mol. The van der Waals surface area contributed by atoms with Crippen LogP contribution in [0.1, 0.15) is 33.1 Å². The first-order valence-electron chi connectivity index (χ1n) is 5.65. The average Bonchev–Trinajstić information content (AvgIpc) is 2.97. The zero-order valence-corrected chi connectivity index (χ0v) is 10.6. The third-order valence-electron chi connectivity index (χ3n) is 2.54. The van der Waals surface area contributed by atoms with Crippen molar-refractivity contribution in [3.05, 3.63) is 0 Å². The second-order valence-corrected chi connectivity index (χ2v) is 6.13. The molecule has 1 atom stereocenters. The van der Waals surface area contributed by atoms with Crippen LogP contribution in [-0.4, -0.2) is 29.9 Å². The van der Waals surface area contributed by atoms with Crippen molar-refractivity contribution >= 4 is 13.6 Å². The Balaban J connectivity index is 2.76. The first-order chi connectivity index (χ1) is 7.53. The molecule has 16 heavy (non-hydrogen) atoms. The van der Waals surface area contributed by atoms with Gasteiger partial charge in [0, 0.05) is 0 Å². The van der Waals surface area contributed by atoms with E-state index in [1.54, 1.807) is 13.8 Å². The predicted molar refractivity (Wildman–Crippen MR) is 59.6 cm³/mol. The number of hydrogen-bond donors (Lipinski definition) is 1. The lowest BCUT2D eigenvalue weighted by molar-refractivity contribution is -0.137. The Morgan fingerprint density at radius 2 is 1.88 bits per heavy atom. The Labute approximate surface area is 95.7 Å². The molecule has 1 rings (SSSR count). The highest BCUT2D eigenvalue weighted by Gasteiger charge is 2.44. The molecule has 0 aliphatic heterocycles. The van der Waals surface area contributed by atoms with Gasteiger partial charge in [0.05, 0.1) is 13.2 Å². The maximum absolute atomic E-state index is 12.3. The molecule has 1 fully saturated rings. The van der Waals surface area contributed by atoms with Crippen LogP contribution in [-0.2, 0) is 18.4 Å². The van der Waals surface area contributed by atoms with Crippen LogP contribution in [0.4, 0.5) is 0 Å². The van der Waals surface area contributed by atoms with Crippen LogP contribution in [0.3, 0.4) is 0 Å². The zero-order chi connectivity index (χ0) is 12.2. The van der Waals surface area contributed by atoms with Crippen molar-refractivity contribution in [1.82, 2.24) is 0 Å². The molecule has 1 unspecified atom stereocenters. The van der Waals surface area contributed by atoms with Crippen LogP contribution in [0.15, 0.2) is 0 Å². The number of aliphatic carboxylic acids is 1. The van der Waals surface area contributed by atoms with Gasteiger partial charge in [-0.2, -0.15) is 0 Å². The molecule has 0 bridgehead atoms. The minimum Gasteiger partial charge on any atom is -0.481 e. The lowest BCUT2D eigenvalue weighted by Gasteiger charge is -2.23. The molecule has 0 amide bonds. The third-order valence-corrected chi connectivity index (χ3v) is 4.97. The molecule has 1 aliphatic carbocycles. The Kier molecular flexibility index (Phi) is 4.96. The molecule has 0 saturated heterocycles. The second kappa shape index (κ2) is 5.80. The van der Waals surface area contributed by atoms with Crippen molar-refractivity contribution in [2.45, 2.75) is 38.8 Å². The van der Waals surface area contributed by atoms with Crippen molar-refractivity contribution in [3.8, 4) is 0 Å². The van der Waals surface area contributed by atoms with Gasteiger partial charge in [0.25, 0.3) is 0 Å². The summed E-state index contributed by atoms with van der Waals surface area (Å²) in [5.74, 6) is -0.715. The van der Waals surface area contributed by atoms with Gasteiger partial charge >= 0.3 is 13.6 Å². The summed E-state index contributed by atoms with van der Waals surface area (Å²) in [5.41, 5.74) is -1.01. The largest absolute Gasteiger partial charge is 0.481 e. The van der Waals surface area contributed by atoms with Crippen LogP contribution in [0.25, 0.3) is 0 Å². The van der Waals surface area contributed by atoms with Crippen molar-refractivity contribution in [1.29, 1.82) is 0 Å². The molecule has 0 aromatic carbocycles. The van der Waals surface area contributed by atoms with Gasteiger partial charge in [0.15, 0.2) is 5.66 Å². The monoisotopic (exact) mass is 250 g/mol. The van der Waals surface area contributed by atoms with Crippen LogP contribution in [0, 0.1) is 5.92 Å². The van der Waals surface area contributed by atoms with Crippen LogP contribution < -0.4 is 0 Å². The van der Waals surface area contributed by atoms with Gasteiger partial charge in [-0.25, -0.2) is 0 Å². The van der Waals surface area contributed by atoms with E-state index in [1.165, 1.54) is 0 Å². The molecule has 1 saturated carbocycles. The van der Waals surface area contributed by atoms with E-state index in [0.29, 0.717) is 12.3 Å². The number of rotatable bonds is 8. The summed E-state index contributed by atoms with van der Waals surface area (Å²) in [4.78, 5) is 11.1. The fraction of sp³-hybridized carbons (Fsp3) is 0.900. The molecule has 6 heteroatoms.